The molecule has 220 valence electrons. The second-order valence-electron chi connectivity index (χ2n) is 14.8. The van der Waals surface area contributed by atoms with Gasteiger partial charge >= 0.3 is 0 Å². The quantitative estimate of drug-likeness (QED) is 0.217. The van der Waals surface area contributed by atoms with Crippen LogP contribution in [0.3, 0.4) is 0 Å². The largest absolute Gasteiger partial charge is 0.416 e. The molecule has 1 aromatic carbocycles. The van der Waals surface area contributed by atoms with Crippen LogP contribution in [0.25, 0.3) is 0 Å². The molecule has 0 amide bonds. The zero-order valence-electron chi connectivity index (χ0n) is 25.9. The van der Waals surface area contributed by atoms with Gasteiger partial charge in [-0.2, -0.15) is 8.42 Å². The first-order valence-electron chi connectivity index (χ1n) is 13.9. The van der Waals surface area contributed by atoms with Crippen LogP contribution in [0, 0.1) is 17.8 Å². The normalized spacial score (nSPS) is 18.9. The second-order valence-corrected chi connectivity index (χ2v) is 26.0. The van der Waals surface area contributed by atoms with Crippen LogP contribution >= 0.6 is 0 Å². The Bertz CT molecular complexity index is 1010. The maximum Gasteiger partial charge on any atom is 0.296 e. The number of benzene rings is 1. The summed E-state index contributed by atoms with van der Waals surface area (Å²) in [7, 11) is -7.12. The van der Waals surface area contributed by atoms with Crippen LogP contribution in [-0.2, 0) is 23.2 Å². The van der Waals surface area contributed by atoms with Crippen LogP contribution in [-0.4, -0.2) is 56.6 Å². The first-order valence-corrected chi connectivity index (χ1v) is 21.2. The standard InChI is InChI=1S/C18H30O4SSi.C11H24O2Si/c1-15-7-9-16(10-8-15)23(19,20)21-13-18(11-12-18)14-22-24(5,6)17(2,3)4;1-10(2,3)14(4,5)13-9-11(8-12)6-7-11/h7-10H,11-14H2,1-6H3;12H,6-9H2,1-5H3. The van der Waals surface area contributed by atoms with Gasteiger partial charge in [0, 0.05) is 24.0 Å². The maximum absolute atomic E-state index is 12.3. The number of aliphatic hydroxyl groups excluding tert-OH is 1. The van der Waals surface area contributed by atoms with Crippen LogP contribution in [0.5, 0.6) is 0 Å². The Morgan fingerprint density at radius 3 is 1.50 bits per heavy atom. The van der Waals surface area contributed by atoms with Crippen LogP contribution in [0.2, 0.25) is 36.3 Å². The first-order chi connectivity index (χ1) is 17.1. The van der Waals surface area contributed by atoms with Gasteiger partial charge in [0.1, 0.15) is 0 Å². The summed E-state index contributed by atoms with van der Waals surface area (Å²) >= 11 is 0. The lowest BCUT2D eigenvalue weighted by molar-refractivity contribution is 0.138. The van der Waals surface area contributed by atoms with Crippen molar-refractivity contribution in [2.45, 2.75) is 115 Å². The molecule has 9 heteroatoms. The van der Waals surface area contributed by atoms with Crippen LogP contribution in [0.15, 0.2) is 29.2 Å². The van der Waals surface area contributed by atoms with E-state index < -0.39 is 26.8 Å². The molecule has 0 bridgehead atoms. The van der Waals surface area contributed by atoms with E-state index in [9.17, 15) is 13.5 Å². The average molecular weight is 587 g/mol. The molecular weight excluding hydrogens is 533 g/mol. The average Bonchev–Trinajstić information content (AvgIpc) is 3.71. The molecule has 2 saturated carbocycles. The third-order valence-corrected chi connectivity index (χ3v) is 19.4. The van der Waals surface area contributed by atoms with Crippen molar-refractivity contribution in [3.63, 3.8) is 0 Å². The highest BCUT2D eigenvalue weighted by molar-refractivity contribution is 7.86. The smallest absolute Gasteiger partial charge is 0.296 e. The molecule has 0 atom stereocenters. The minimum atomic E-state index is -3.70. The first kappa shape index (κ1) is 33.6. The lowest BCUT2D eigenvalue weighted by Gasteiger charge is -2.37. The molecule has 0 radical (unpaired) electrons. The Hall–Kier alpha value is -0.556. The molecular formula is C29H54O6SSi2. The van der Waals surface area contributed by atoms with Crippen molar-refractivity contribution in [3.05, 3.63) is 29.8 Å². The van der Waals surface area contributed by atoms with Gasteiger partial charge in [0.05, 0.1) is 18.1 Å². The van der Waals surface area contributed by atoms with Crippen molar-refractivity contribution in [2.75, 3.05) is 26.4 Å². The molecule has 3 rings (SSSR count). The van der Waals surface area contributed by atoms with Gasteiger partial charge in [-0.05, 0) is 81.0 Å². The molecule has 0 aromatic heterocycles. The molecule has 0 heterocycles. The highest BCUT2D eigenvalue weighted by Crippen LogP contribution is 2.49. The van der Waals surface area contributed by atoms with Crippen molar-refractivity contribution in [3.8, 4) is 0 Å². The third-order valence-electron chi connectivity index (χ3n) is 9.17. The monoisotopic (exact) mass is 586 g/mol. The third kappa shape index (κ3) is 9.24. The summed E-state index contributed by atoms with van der Waals surface area (Å²) in [5.41, 5.74) is 1.03. The molecule has 2 fully saturated rings. The number of hydrogen-bond acceptors (Lipinski definition) is 6. The molecule has 2 aliphatic carbocycles. The van der Waals surface area contributed by atoms with Gasteiger partial charge in [0.25, 0.3) is 10.1 Å². The van der Waals surface area contributed by atoms with Crippen molar-refractivity contribution in [2.24, 2.45) is 10.8 Å². The van der Waals surface area contributed by atoms with Crippen LogP contribution in [0.1, 0.15) is 72.8 Å². The van der Waals surface area contributed by atoms with E-state index >= 15 is 0 Å². The summed E-state index contributed by atoms with van der Waals surface area (Å²) in [5, 5.41) is 9.62. The van der Waals surface area contributed by atoms with Gasteiger partial charge < -0.3 is 14.0 Å². The molecule has 38 heavy (non-hydrogen) atoms. The summed E-state index contributed by atoms with van der Waals surface area (Å²) in [6.45, 7) is 26.1. The molecule has 6 nitrogen and oxygen atoms in total. The Morgan fingerprint density at radius 1 is 0.763 bits per heavy atom. The highest BCUT2D eigenvalue weighted by atomic mass is 32.2. The molecule has 2 aliphatic rings. The van der Waals surface area contributed by atoms with E-state index in [1.54, 1.807) is 24.3 Å². The summed E-state index contributed by atoms with van der Waals surface area (Å²) < 4.78 is 42.4. The van der Waals surface area contributed by atoms with Crippen molar-refractivity contribution >= 4 is 26.8 Å². The number of aryl methyl sites for hydroxylation is 1. The van der Waals surface area contributed by atoms with Gasteiger partial charge in [0.2, 0.25) is 0 Å². The lowest BCUT2D eigenvalue weighted by atomic mass is 10.1. The molecule has 1 N–H and O–H groups in total. The number of hydrogen-bond donors (Lipinski definition) is 1. The van der Waals surface area contributed by atoms with Gasteiger partial charge in [-0.25, -0.2) is 0 Å². The Kier molecular flexibility index (Phi) is 10.4. The Morgan fingerprint density at radius 2 is 1.16 bits per heavy atom. The maximum atomic E-state index is 12.3. The second kappa shape index (κ2) is 11.7. The van der Waals surface area contributed by atoms with Gasteiger partial charge in [0.15, 0.2) is 16.6 Å². The van der Waals surface area contributed by atoms with E-state index in [0.29, 0.717) is 13.2 Å². The topological polar surface area (TPSA) is 82.1 Å². The molecule has 0 aliphatic heterocycles. The predicted octanol–water partition coefficient (Wildman–Crippen LogP) is 7.28. The summed E-state index contributed by atoms with van der Waals surface area (Å²) in [6, 6.07) is 6.75. The van der Waals surface area contributed by atoms with Crippen molar-refractivity contribution < 1.29 is 26.6 Å². The molecule has 0 unspecified atom stereocenters. The van der Waals surface area contributed by atoms with Crippen LogP contribution < -0.4 is 0 Å². The van der Waals surface area contributed by atoms with E-state index in [4.69, 9.17) is 13.0 Å². The van der Waals surface area contributed by atoms with E-state index in [0.717, 1.165) is 37.9 Å². The van der Waals surface area contributed by atoms with E-state index in [1.807, 2.05) is 6.92 Å². The van der Waals surface area contributed by atoms with E-state index in [1.165, 1.54) is 0 Å². The number of aliphatic hydroxyl groups is 1. The zero-order valence-corrected chi connectivity index (χ0v) is 28.7. The summed E-state index contributed by atoms with van der Waals surface area (Å²) in [6.07, 6.45) is 4.20. The fourth-order valence-corrected chi connectivity index (χ4v) is 6.32. The van der Waals surface area contributed by atoms with Crippen molar-refractivity contribution in [1.29, 1.82) is 0 Å². The van der Waals surface area contributed by atoms with Gasteiger partial charge in [-0.3, -0.25) is 4.18 Å². The molecule has 0 saturated heterocycles. The minimum Gasteiger partial charge on any atom is -0.416 e. The zero-order chi connectivity index (χ0) is 29.3. The summed E-state index contributed by atoms with van der Waals surface area (Å²) in [5.74, 6) is 0. The van der Waals surface area contributed by atoms with E-state index in [-0.39, 0.29) is 32.4 Å². The Labute approximate surface area is 235 Å². The van der Waals surface area contributed by atoms with Crippen LogP contribution in [0.4, 0.5) is 0 Å². The fraction of sp³-hybridized carbons (Fsp3) is 0.793. The SMILES string of the molecule is CC(C)(C)[Si](C)(C)OCC1(CO)CC1.Cc1ccc(S(=O)(=O)OCC2(CO[Si](C)(C)C(C)(C)C)CC2)cc1. The van der Waals surface area contributed by atoms with Gasteiger partial charge in [-0.1, -0.05) is 59.2 Å². The highest BCUT2D eigenvalue weighted by Gasteiger charge is 2.48. The Balaban J connectivity index is 0.000000308. The molecule has 0 spiro atoms. The van der Waals surface area contributed by atoms with Gasteiger partial charge in [-0.15, -0.1) is 0 Å². The lowest BCUT2D eigenvalue weighted by Crippen LogP contribution is -2.42. The number of rotatable bonds is 11. The minimum absolute atomic E-state index is 0.132. The molecule has 1 aromatic rings. The van der Waals surface area contributed by atoms with Crippen molar-refractivity contribution in [1.82, 2.24) is 0 Å². The fourth-order valence-electron chi connectivity index (χ4n) is 3.11. The van der Waals surface area contributed by atoms with E-state index in [2.05, 4.69) is 67.7 Å². The summed E-state index contributed by atoms with van der Waals surface area (Å²) in [4.78, 5) is 0.217. The predicted molar refractivity (Wildman–Crippen MR) is 161 cm³/mol.